The summed E-state index contributed by atoms with van der Waals surface area (Å²) in [5.74, 6) is 0.0475. The van der Waals surface area contributed by atoms with E-state index in [0.29, 0.717) is 17.1 Å². The van der Waals surface area contributed by atoms with Crippen LogP contribution in [-0.2, 0) is 6.54 Å². The standard InChI is InChI=1S/C20H18N2O4S/c1-11(2)14-9-15-13(8-18(23)25-16(15)7-12(14)3)10-22-20(24)26-19(21-22)17-5-4-6-27-17/h4-9,11H,10H2,1-3H3. The summed E-state index contributed by atoms with van der Waals surface area (Å²) in [4.78, 5) is 25.0. The molecular formula is C20H18N2O4S. The first-order valence-electron chi connectivity index (χ1n) is 8.61. The average Bonchev–Trinajstić information content (AvgIpc) is 3.24. The van der Waals surface area contributed by atoms with E-state index in [0.717, 1.165) is 15.8 Å². The fourth-order valence-corrected chi connectivity index (χ4v) is 3.86. The molecule has 0 N–H and O–H groups in total. The lowest BCUT2D eigenvalue weighted by molar-refractivity contribution is 0.494. The summed E-state index contributed by atoms with van der Waals surface area (Å²) >= 11 is 1.44. The third-order valence-electron chi connectivity index (χ3n) is 4.50. The van der Waals surface area contributed by atoms with Gasteiger partial charge in [-0.05, 0) is 53.1 Å². The Morgan fingerprint density at radius 1 is 1.19 bits per heavy atom. The Bertz CT molecular complexity index is 1230. The molecule has 0 unspecified atom stereocenters. The van der Waals surface area contributed by atoms with Crippen molar-refractivity contribution < 1.29 is 8.83 Å². The van der Waals surface area contributed by atoms with E-state index in [1.165, 1.54) is 27.6 Å². The second-order valence-corrected chi connectivity index (χ2v) is 7.71. The van der Waals surface area contributed by atoms with Crippen molar-refractivity contribution >= 4 is 22.3 Å². The molecule has 0 amide bonds. The van der Waals surface area contributed by atoms with Crippen molar-refractivity contribution in [1.82, 2.24) is 9.78 Å². The second kappa shape index (κ2) is 6.66. The molecule has 138 valence electrons. The highest BCUT2D eigenvalue weighted by atomic mass is 32.1. The molecule has 0 aliphatic rings. The van der Waals surface area contributed by atoms with E-state index in [1.54, 1.807) is 0 Å². The number of nitrogens with zero attached hydrogens (tertiary/aromatic N) is 2. The zero-order chi connectivity index (χ0) is 19.1. The normalized spacial score (nSPS) is 11.6. The first-order valence-corrected chi connectivity index (χ1v) is 9.49. The Morgan fingerprint density at radius 3 is 2.70 bits per heavy atom. The minimum atomic E-state index is -0.559. The average molecular weight is 382 g/mol. The quantitative estimate of drug-likeness (QED) is 0.496. The van der Waals surface area contributed by atoms with Crippen LogP contribution in [0, 0.1) is 6.92 Å². The minimum absolute atomic E-state index is 0.135. The van der Waals surface area contributed by atoms with E-state index in [4.69, 9.17) is 8.83 Å². The van der Waals surface area contributed by atoms with Crippen LogP contribution >= 0.6 is 11.3 Å². The number of benzene rings is 1. The van der Waals surface area contributed by atoms with Crippen molar-refractivity contribution in [3.05, 3.63) is 73.4 Å². The Hall–Kier alpha value is -2.93. The Morgan fingerprint density at radius 2 is 2.00 bits per heavy atom. The lowest BCUT2D eigenvalue weighted by Crippen LogP contribution is -2.18. The number of hydrogen-bond donors (Lipinski definition) is 0. The van der Waals surface area contributed by atoms with Crippen LogP contribution < -0.4 is 11.4 Å². The van der Waals surface area contributed by atoms with E-state index >= 15 is 0 Å². The van der Waals surface area contributed by atoms with Gasteiger partial charge in [0.25, 0.3) is 5.89 Å². The van der Waals surface area contributed by atoms with Crippen LogP contribution in [0.25, 0.3) is 21.7 Å². The predicted molar refractivity (Wildman–Crippen MR) is 104 cm³/mol. The Balaban J connectivity index is 1.83. The van der Waals surface area contributed by atoms with Gasteiger partial charge in [0.1, 0.15) is 5.58 Å². The number of aryl methyl sites for hydroxylation is 1. The molecule has 0 bridgehead atoms. The van der Waals surface area contributed by atoms with Crippen LogP contribution in [0.2, 0.25) is 0 Å². The monoisotopic (exact) mass is 382 g/mol. The number of hydrogen-bond acceptors (Lipinski definition) is 6. The first kappa shape index (κ1) is 17.5. The second-order valence-electron chi connectivity index (χ2n) is 6.76. The van der Waals surface area contributed by atoms with Gasteiger partial charge in [0, 0.05) is 11.5 Å². The zero-order valence-corrected chi connectivity index (χ0v) is 16.0. The van der Waals surface area contributed by atoms with E-state index in [9.17, 15) is 9.59 Å². The van der Waals surface area contributed by atoms with E-state index in [-0.39, 0.29) is 12.4 Å². The summed E-state index contributed by atoms with van der Waals surface area (Å²) < 4.78 is 11.9. The van der Waals surface area contributed by atoms with Gasteiger partial charge in [-0.15, -0.1) is 16.4 Å². The summed E-state index contributed by atoms with van der Waals surface area (Å²) in [5, 5.41) is 6.97. The molecule has 3 heterocycles. The molecule has 0 saturated heterocycles. The van der Waals surface area contributed by atoms with Gasteiger partial charge in [0.05, 0.1) is 11.4 Å². The van der Waals surface area contributed by atoms with Gasteiger partial charge in [-0.1, -0.05) is 19.9 Å². The molecule has 3 aromatic heterocycles. The summed E-state index contributed by atoms with van der Waals surface area (Å²) in [6, 6.07) is 9.01. The molecule has 1 aromatic carbocycles. The van der Waals surface area contributed by atoms with Crippen LogP contribution in [0.15, 0.2) is 54.1 Å². The summed E-state index contributed by atoms with van der Waals surface area (Å²) in [6.07, 6.45) is 0. The van der Waals surface area contributed by atoms with Crippen LogP contribution in [0.5, 0.6) is 0 Å². The Labute approximate surface area is 158 Å². The first-order chi connectivity index (χ1) is 12.9. The molecule has 6 nitrogen and oxygen atoms in total. The van der Waals surface area contributed by atoms with Crippen molar-refractivity contribution in [2.45, 2.75) is 33.2 Å². The zero-order valence-electron chi connectivity index (χ0n) is 15.2. The van der Waals surface area contributed by atoms with Crippen molar-refractivity contribution in [3.8, 4) is 10.8 Å². The summed E-state index contributed by atoms with van der Waals surface area (Å²) in [5.41, 5.74) is 2.97. The molecule has 27 heavy (non-hydrogen) atoms. The number of thiophene rings is 1. The molecule has 0 saturated carbocycles. The number of fused-ring (bicyclic) bond motifs is 1. The number of rotatable bonds is 4. The molecule has 0 spiro atoms. The lowest BCUT2D eigenvalue weighted by Gasteiger charge is -2.12. The van der Waals surface area contributed by atoms with E-state index < -0.39 is 11.4 Å². The lowest BCUT2D eigenvalue weighted by atomic mass is 9.95. The van der Waals surface area contributed by atoms with Gasteiger partial charge < -0.3 is 8.83 Å². The van der Waals surface area contributed by atoms with Crippen molar-refractivity contribution in [2.75, 3.05) is 0 Å². The van der Waals surface area contributed by atoms with Crippen LogP contribution in [0.1, 0.15) is 36.5 Å². The van der Waals surface area contributed by atoms with Gasteiger partial charge in [-0.2, -0.15) is 4.68 Å². The van der Waals surface area contributed by atoms with Gasteiger partial charge in [-0.3, -0.25) is 0 Å². The predicted octanol–water partition coefficient (Wildman–Crippen LogP) is 4.15. The van der Waals surface area contributed by atoms with Gasteiger partial charge in [-0.25, -0.2) is 9.59 Å². The highest BCUT2D eigenvalue weighted by Gasteiger charge is 2.15. The van der Waals surface area contributed by atoms with E-state index in [1.807, 2.05) is 36.6 Å². The fraction of sp³-hybridized carbons (Fsp3) is 0.250. The third kappa shape index (κ3) is 3.26. The molecule has 0 aliphatic carbocycles. The van der Waals surface area contributed by atoms with E-state index in [2.05, 4.69) is 18.9 Å². The van der Waals surface area contributed by atoms with Crippen molar-refractivity contribution in [3.63, 3.8) is 0 Å². The molecule has 4 aromatic rings. The van der Waals surface area contributed by atoms with Crippen LogP contribution in [-0.4, -0.2) is 9.78 Å². The molecule has 0 aliphatic heterocycles. The maximum Gasteiger partial charge on any atom is 0.437 e. The third-order valence-corrected chi connectivity index (χ3v) is 5.36. The molecular weight excluding hydrogens is 364 g/mol. The van der Waals surface area contributed by atoms with Crippen LogP contribution in [0.4, 0.5) is 0 Å². The number of aromatic nitrogens is 2. The minimum Gasteiger partial charge on any atom is -0.423 e. The fourth-order valence-electron chi connectivity index (χ4n) is 3.21. The Kier molecular flexibility index (Phi) is 4.31. The SMILES string of the molecule is Cc1cc2oc(=O)cc(Cn3nc(-c4cccs4)oc3=O)c2cc1C(C)C. The molecule has 4 rings (SSSR count). The highest BCUT2D eigenvalue weighted by molar-refractivity contribution is 7.13. The highest BCUT2D eigenvalue weighted by Crippen LogP contribution is 2.27. The maximum atomic E-state index is 12.2. The molecule has 0 fully saturated rings. The van der Waals surface area contributed by atoms with Crippen molar-refractivity contribution in [2.24, 2.45) is 0 Å². The largest absolute Gasteiger partial charge is 0.437 e. The van der Waals surface area contributed by atoms with Gasteiger partial charge >= 0.3 is 11.4 Å². The van der Waals surface area contributed by atoms with Gasteiger partial charge in [0.2, 0.25) is 0 Å². The molecule has 0 radical (unpaired) electrons. The smallest absolute Gasteiger partial charge is 0.423 e. The summed E-state index contributed by atoms with van der Waals surface area (Å²) in [7, 11) is 0. The summed E-state index contributed by atoms with van der Waals surface area (Å²) in [6.45, 7) is 6.36. The van der Waals surface area contributed by atoms with Crippen LogP contribution in [0.3, 0.4) is 0 Å². The van der Waals surface area contributed by atoms with Crippen molar-refractivity contribution in [1.29, 1.82) is 0 Å². The topological polar surface area (TPSA) is 78.2 Å². The molecule has 7 heteroatoms. The molecule has 0 atom stereocenters. The van der Waals surface area contributed by atoms with Gasteiger partial charge in [0.15, 0.2) is 0 Å². The maximum absolute atomic E-state index is 12.2.